The third-order valence-electron chi connectivity index (χ3n) is 11.3. The second kappa shape index (κ2) is 12.3. The van der Waals surface area contributed by atoms with Gasteiger partial charge in [-0.25, -0.2) is 9.97 Å². The molecule has 0 spiro atoms. The first-order valence-electron chi connectivity index (χ1n) is 18.9. The van der Waals surface area contributed by atoms with E-state index in [-0.39, 0.29) is 0 Å². The Hall–Kier alpha value is -5.96. The van der Waals surface area contributed by atoms with Crippen molar-refractivity contribution in [3.63, 3.8) is 0 Å². The molecule has 266 valence electrons. The summed E-state index contributed by atoms with van der Waals surface area (Å²) < 4.78 is 7.33. The lowest BCUT2D eigenvalue weighted by molar-refractivity contribution is 1.07. The standard InChI is InChI=1S/C50H27N3S4/c1-2-13-28(14-3-1)29-25-26-38-35(27-29)43-31-16-5-4-15-30(31)42-32-17-6-8-20-36(32)53(45(42)47(43)55-38)50-48-44(33-18-7-9-21-37(33)56-48)51-49(52-50)34-19-12-24-41-46(34)57-40-23-11-10-22-39(40)54-41/h1-27H. The van der Waals surface area contributed by atoms with Crippen LogP contribution in [0.1, 0.15) is 0 Å². The lowest BCUT2D eigenvalue weighted by atomic mass is 9.97. The van der Waals surface area contributed by atoms with Crippen LogP contribution in [-0.2, 0) is 0 Å². The smallest absolute Gasteiger partial charge is 0.163 e. The van der Waals surface area contributed by atoms with Crippen LogP contribution in [0, 0.1) is 0 Å². The fourth-order valence-corrected chi connectivity index (χ4v) is 13.5. The normalized spacial score (nSPS) is 12.8. The molecule has 0 unspecified atom stereocenters. The van der Waals surface area contributed by atoms with Crippen LogP contribution in [0.3, 0.4) is 0 Å². The minimum atomic E-state index is 0.747. The van der Waals surface area contributed by atoms with E-state index >= 15 is 0 Å². The Morgan fingerprint density at radius 3 is 1.96 bits per heavy atom. The Morgan fingerprint density at radius 2 is 1.11 bits per heavy atom. The highest BCUT2D eigenvalue weighted by atomic mass is 32.2. The number of rotatable bonds is 3. The van der Waals surface area contributed by atoms with Gasteiger partial charge in [0, 0.05) is 61.5 Å². The van der Waals surface area contributed by atoms with Gasteiger partial charge < -0.3 is 0 Å². The molecule has 0 atom stereocenters. The quantitative estimate of drug-likeness (QED) is 0.178. The predicted molar refractivity (Wildman–Crippen MR) is 245 cm³/mol. The molecule has 3 nitrogen and oxygen atoms in total. The molecule has 4 aromatic heterocycles. The number of para-hydroxylation sites is 1. The van der Waals surface area contributed by atoms with Crippen molar-refractivity contribution >= 4 is 119 Å². The second-order valence-corrected chi connectivity index (χ2v) is 18.7. The lowest BCUT2D eigenvalue weighted by Crippen LogP contribution is -2.03. The first-order valence-corrected chi connectivity index (χ1v) is 22.2. The van der Waals surface area contributed by atoms with E-state index < -0.39 is 0 Å². The molecule has 1 aliphatic heterocycles. The summed E-state index contributed by atoms with van der Waals surface area (Å²) in [6.45, 7) is 0. The van der Waals surface area contributed by atoms with Gasteiger partial charge in [0.2, 0.25) is 0 Å². The number of thiophene rings is 2. The average Bonchev–Trinajstić information content (AvgIpc) is 3.95. The molecule has 0 aliphatic carbocycles. The average molecular weight is 798 g/mol. The van der Waals surface area contributed by atoms with Crippen molar-refractivity contribution in [3.05, 3.63) is 164 Å². The van der Waals surface area contributed by atoms with Gasteiger partial charge in [-0.05, 0) is 70.4 Å². The number of hydrogen-bond donors (Lipinski definition) is 0. The molecule has 0 N–H and O–H groups in total. The fourth-order valence-electron chi connectivity index (χ4n) is 8.78. The molecule has 0 amide bonds. The third-order valence-corrected chi connectivity index (χ3v) is 16.2. The maximum atomic E-state index is 5.71. The molecule has 12 aromatic rings. The lowest BCUT2D eigenvalue weighted by Gasteiger charge is -2.20. The van der Waals surface area contributed by atoms with E-state index in [0.717, 1.165) is 38.3 Å². The minimum absolute atomic E-state index is 0.747. The highest BCUT2D eigenvalue weighted by molar-refractivity contribution is 8.05. The van der Waals surface area contributed by atoms with Gasteiger partial charge in [-0.3, -0.25) is 4.57 Å². The summed E-state index contributed by atoms with van der Waals surface area (Å²) in [6.07, 6.45) is 0. The maximum absolute atomic E-state index is 5.71. The van der Waals surface area contributed by atoms with Crippen molar-refractivity contribution in [2.24, 2.45) is 0 Å². The van der Waals surface area contributed by atoms with Gasteiger partial charge in [-0.1, -0.05) is 139 Å². The van der Waals surface area contributed by atoms with Gasteiger partial charge in [0.25, 0.3) is 0 Å². The minimum Gasteiger partial charge on any atom is -0.291 e. The molecule has 8 aromatic carbocycles. The van der Waals surface area contributed by atoms with Gasteiger partial charge >= 0.3 is 0 Å². The fraction of sp³-hybridized carbons (Fsp3) is 0. The van der Waals surface area contributed by atoms with Gasteiger partial charge in [0.1, 0.15) is 0 Å². The van der Waals surface area contributed by atoms with Gasteiger partial charge in [-0.2, -0.15) is 0 Å². The van der Waals surface area contributed by atoms with E-state index in [9.17, 15) is 0 Å². The molecule has 0 bridgehead atoms. The number of hydrogen-bond acceptors (Lipinski definition) is 6. The molecule has 0 radical (unpaired) electrons. The van der Waals surface area contributed by atoms with Gasteiger partial charge in [0.05, 0.1) is 25.9 Å². The number of nitrogens with zero attached hydrogens (tertiary/aromatic N) is 3. The van der Waals surface area contributed by atoms with Gasteiger partial charge in [-0.15, -0.1) is 22.7 Å². The highest BCUT2D eigenvalue weighted by Gasteiger charge is 2.27. The Morgan fingerprint density at radius 1 is 0.439 bits per heavy atom. The predicted octanol–water partition coefficient (Wildman–Crippen LogP) is 15.4. The van der Waals surface area contributed by atoms with Gasteiger partial charge in [0.15, 0.2) is 11.6 Å². The molecule has 57 heavy (non-hydrogen) atoms. The van der Waals surface area contributed by atoms with Crippen molar-refractivity contribution in [1.82, 2.24) is 14.5 Å². The Labute approximate surface area is 343 Å². The van der Waals surface area contributed by atoms with Crippen molar-refractivity contribution in [3.8, 4) is 28.3 Å². The van der Waals surface area contributed by atoms with E-state index in [2.05, 4.69) is 168 Å². The Balaban J connectivity index is 1.18. The zero-order valence-corrected chi connectivity index (χ0v) is 33.3. The summed E-state index contributed by atoms with van der Waals surface area (Å²) in [5, 5.41) is 8.76. The third kappa shape index (κ3) is 4.68. The van der Waals surface area contributed by atoms with Crippen LogP contribution in [-0.4, -0.2) is 14.5 Å². The van der Waals surface area contributed by atoms with Crippen LogP contribution in [0.2, 0.25) is 0 Å². The molecule has 5 heterocycles. The summed E-state index contributed by atoms with van der Waals surface area (Å²) in [4.78, 5) is 16.2. The Bertz CT molecular complexity index is 3650. The zero-order chi connectivity index (χ0) is 37.2. The first kappa shape index (κ1) is 32.2. The summed E-state index contributed by atoms with van der Waals surface area (Å²) in [5.41, 5.74) is 6.85. The van der Waals surface area contributed by atoms with E-state index in [1.54, 1.807) is 11.3 Å². The van der Waals surface area contributed by atoms with E-state index in [1.165, 1.54) is 82.6 Å². The summed E-state index contributed by atoms with van der Waals surface area (Å²) in [7, 11) is 0. The van der Waals surface area contributed by atoms with Crippen molar-refractivity contribution in [2.75, 3.05) is 0 Å². The number of aromatic nitrogens is 3. The molecule has 0 saturated heterocycles. The molecule has 7 heteroatoms. The zero-order valence-electron chi connectivity index (χ0n) is 30.1. The van der Waals surface area contributed by atoms with Crippen LogP contribution in [0.5, 0.6) is 0 Å². The molecule has 13 rings (SSSR count). The monoisotopic (exact) mass is 797 g/mol. The Kier molecular flexibility index (Phi) is 6.92. The highest BCUT2D eigenvalue weighted by Crippen LogP contribution is 2.53. The molecular formula is C50H27N3S4. The summed E-state index contributed by atoms with van der Waals surface area (Å²) in [6, 6.07) is 59.5. The SMILES string of the molecule is c1ccc(-c2ccc3sc4c(c3c2)c2ccccc2c2c3ccccc3n(-c3nc(-c5cccc6c5Sc5ccccc5S6)nc5c3sc3ccccc35)c42)cc1. The second-order valence-electron chi connectivity index (χ2n) is 14.4. The molecule has 1 aliphatic rings. The van der Waals surface area contributed by atoms with Crippen LogP contribution >= 0.6 is 46.2 Å². The molecule has 0 saturated carbocycles. The van der Waals surface area contributed by atoms with Crippen molar-refractivity contribution in [1.29, 1.82) is 0 Å². The van der Waals surface area contributed by atoms with E-state index in [0.29, 0.717) is 0 Å². The molecular weight excluding hydrogens is 771 g/mol. The van der Waals surface area contributed by atoms with E-state index in [4.69, 9.17) is 9.97 Å². The van der Waals surface area contributed by atoms with Crippen molar-refractivity contribution in [2.45, 2.75) is 19.6 Å². The maximum Gasteiger partial charge on any atom is 0.163 e. The summed E-state index contributed by atoms with van der Waals surface area (Å²) >= 11 is 7.33. The number of fused-ring (bicyclic) bond motifs is 15. The van der Waals surface area contributed by atoms with Crippen molar-refractivity contribution < 1.29 is 0 Å². The van der Waals surface area contributed by atoms with Crippen LogP contribution < -0.4 is 0 Å². The van der Waals surface area contributed by atoms with Crippen LogP contribution in [0.4, 0.5) is 0 Å². The van der Waals surface area contributed by atoms with Crippen LogP contribution in [0.25, 0.3) is 101 Å². The molecule has 0 fully saturated rings. The van der Waals surface area contributed by atoms with Crippen LogP contribution in [0.15, 0.2) is 183 Å². The first-order chi connectivity index (χ1) is 28.3. The topological polar surface area (TPSA) is 30.7 Å². The largest absolute Gasteiger partial charge is 0.291 e. The summed E-state index contributed by atoms with van der Waals surface area (Å²) in [5.74, 6) is 1.67. The number of benzene rings is 8. The van der Waals surface area contributed by atoms with E-state index in [1.807, 2.05) is 34.9 Å².